The number of nitro groups is 1. The van der Waals surface area contributed by atoms with E-state index < -0.39 is 22.8 Å². The largest absolute Gasteiger partial charge is 0.444 e. The van der Waals surface area contributed by atoms with Crippen LogP contribution in [0.15, 0.2) is 5.10 Å². The van der Waals surface area contributed by atoms with Crippen molar-refractivity contribution in [3.63, 3.8) is 0 Å². The smallest absolute Gasteiger partial charge is 0.408 e. The third kappa shape index (κ3) is 11.2. The zero-order valence-corrected chi connectivity index (χ0v) is 12.3. The first-order valence-corrected chi connectivity index (χ1v) is 6.31. The molecule has 0 spiro atoms. The number of nitrogens with one attached hydrogen (secondary N) is 2. The molecule has 21 heavy (non-hydrogen) atoms. The predicted molar refractivity (Wildman–Crippen MR) is 75.1 cm³/mol. The molecule has 120 valence electrons. The van der Waals surface area contributed by atoms with E-state index in [4.69, 9.17) is 10.5 Å². The van der Waals surface area contributed by atoms with E-state index in [1.807, 2.05) is 0 Å². The van der Waals surface area contributed by atoms with Gasteiger partial charge in [-0.2, -0.15) is 0 Å². The van der Waals surface area contributed by atoms with E-state index in [0.717, 1.165) is 0 Å². The molecule has 0 aliphatic carbocycles. The van der Waals surface area contributed by atoms with Gasteiger partial charge in [0.2, 0.25) is 0 Å². The predicted octanol–water partition coefficient (Wildman–Crippen LogP) is -0.0452. The van der Waals surface area contributed by atoms with Crippen molar-refractivity contribution < 1.29 is 19.4 Å². The standard InChI is InChI=1S/C11H21N5O5/c1-11(2,3)21-10(18)14-8(7-17)5-4-6-13-9(12)15-16(19)20/h7-8H,4-6H2,1-3H3,(H,14,18)(H3,12,13,15). The summed E-state index contributed by atoms with van der Waals surface area (Å²) in [5, 5.41) is 16.9. The SMILES string of the molecule is CC(C)(C)OC(=O)NC(C=O)CCCN/C(N)=N\[N+](=O)[O-]. The number of ether oxygens (including phenoxy) is 1. The van der Waals surface area contributed by atoms with Crippen molar-refractivity contribution in [1.82, 2.24) is 10.6 Å². The van der Waals surface area contributed by atoms with E-state index in [1.165, 1.54) is 0 Å². The van der Waals surface area contributed by atoms with Crippen LogP contribution in [0.1, 0.15) is 33.6 Å². The summed E-state index contributed by atoms with van der Waals surface area (Å²) >= 11 is 0. The van der Waals surface area contributed by atoms with Gasteiger partial charge in [-0.05, 0) is 33.6 Å². The molecule has 10 heteroatoms. The number of hydrogen-bond acceptors (Lipinski definition) is 5. The molecule has 0 aromatic heterocycles. The van der Waals surface area contributed by atoms with Gasteiger partial charge in [0.25, 0.3) is 5.96 Å². The molecule has 0 rings (SSSR count). The van der Waals surface area contributed by atoms with Gasteiger partial charge >= 0.3 is 6.09 Å². The Balaban J connectivity index is 4.04. The van der Waals surface area contributed by atoms with Gasteiger partial charge in [0.15, 0.2) is 5.03 Å². The lowest BCUT2D eigenvalue weighted by Gasteiger charge is -2.21. The second kappa shape index (κ2) is 8.72. The van der Waals surface area contributed by atoms with Crippen molar-refractivity contribution in [1.29, 1.82) is 0 Å². The minimum absolute atomic E-state index is 0.281. The summed E-state index contributed by atoms with van der Waals surface area (Å²) in [7, 11) is 0. The summed E-state index contributed by atoms with van der Waals surface area (Å²) in [5.74, 6) is -0.317. The van der Waals surface area contributed by atoms with Crippen LogP contribution in [0, 0.1) is 10.1 Å². The van der Waals surface area contributed by atoms with E-state index >= 15 is 0 Å². The summed E-state index contributed by atoms with van der Waals surface area (Å²) in [6.07, 6.45) is 0.703. The van der Waals surface area contributed by atoms with Crippen molar-refractivity contribution in [2.24, 2.45) is 10.8 Å². The van der Waals surface area contributed by atoms with Gasteiger partial charge in [-0.15, -0.1) is 0 Å². The summed E-state index contributed by atoms with van der Waals surface area (Å²) in [4.78, 5) is 32.3. The number of hydrazone groups is 1. The van der Waals surface area contributed by atoms with E-state index in [-0.39, 0.29) is 12.5 Å². The van der Waals surface area contributed by atoms with Gasteiger partial charge in [-0.3, -0.25) is 0 Å². The number of carbonyl (C=O) groups excluding carboxylic acids is 2. The maximum Gasteiger partial charge on any atom is 0.408 e. The Bertz CT molecular complexity index is 404. The Morgan fingerprint density at radius 2 is 2.14 bits per heavy atom. The maximum atomic E-state index is 11.5. The second-order valence-electron chi connectivity index (χ2n) is 5.18. The summed E-state index contributed by atoms with van der Waals surface area (Å²) in [6, 6.07) is -0.699. The number of rotatable bonds is 7. The first-order chi connectivity index (χ1) is 9.64. The van der Waals surface area contributed by atoms with Crippen LogP contribution in [0.4, 0.5) is 4.79 Å². The lowest BCUT2D eigenvalue weighted by molar-refractivity contribution is -0.485. The van der Waals surface area contributed by atoms with Gasteiger partial charge in [-0.1, -0.05) is 0 Å². The first-order valence-electron chi connectivity index (χ1n) is 6.31. The molecule has 4 N–H and O–H groups in total. The lowest BCUT2D eigenvalue weighted by Crippen LogP contribution is -2.40. The third-order valence-electron chi connectivity index (χ3n) is 2.05. The Kier molecular flexibility index (Phi) is 7.72. The van der Waals surface area contributed by atoms with Gasteiger partial charge in [0.05, 0.1) is 6.04 Å². The Hall–Kier alpha value is -2.39. The van der Waals surface area contributed by atoms with E-state index in [2.05, 4.69) is 15.7 Å². The van der Waals surface area contributed by atoms with Crippen LogP contribution < -0.4 is 16.4 Å². The summed E-state index contributed by atoms with van der Waals surface area (Å²) in [5.41, 5.74) is 4.57. The van der Waals surface area contributed by atoms with Crippen LogP contribution in [-0.2, 0) is 9.53 Å². The van der Waals surface area contributed by atoms with Crippen LogP contribution in [0.2, 0.25) is 0 Å². The molecule has 0 bridgehead atoms. The third-order valence-corrected chi connectivity index (χ3v) is 2.05. The lowest BCUT2D eigenvalue weighted by atomic mass is 10.2. The van der Waals surface area contributed by atoms with Crippen LogP contribution in [0.5, 0.6) is 0 Å². The van der Waals surface area contributed by atoms with Gasteiger partial charge < -0.3 is 25.9 Å². The number of aldehydes is 1. The molecule has 0 radical (unpaired) electrons. The molecule has 0 fully saturated rings. The highest BCUT2D eigenvalue weighted by Crippen LogP contribution is 2.07. The normalized spacial score (nSPS) is 13.2. The number of carbonyl (C=O) groups is 2. The maximum absolute atomic E-state index is 11.5. The summed E-state index contributed by atoms with van der Waals surface area (Å²) in [6.45, 7) is 5.42. The highest BCUT2D eigenvalue weighted by atomic mass is 16.7. The average Bonchev–Trinajstić information content (AvgIpc) is 2.29. The van der Waals surface area contributed by atoms with Gasteiger partial charge in [0, 0.05) is 6.54 Å². The van der Waals surface area contributed by atoms with E-state index in [1.54, 1.807) is 20.8 Å². The molecular weight excluding hydrogens is 282 g/mol. The van der Waals surface area contributed by atoms with Gasteiger partial charge in [0.1, 0.15) is 17.0 Å². The molecule has 1 unspecified atom stereocenters. The minimum atomic E-state index is -0.916. The fourth-order valence-corrected chi connectivity index (χ4v) is 1.29. The number of nitrogens with two attached hydrogens (primary N) is 1. The summed E-state index contributed by atoms with van der Waals surface area (Å²) < 4.78 is 5.02. The molecule has 10 nitrogen and oxygen atoms in total. The fourth-order valence-electron chi connectivity index (χ4n) is 1.29. The quantitative estimate of drug-likeness (QED) is 0.149. The highest BCUT2D eigenvalue weighted by Gasteiger charge is 2.18. The van der Waals surface area contributed by atoms with E-state index in [0.29, 0.717) is 19.1 Å². The zero-order valence-electron chi connectivity index (χ0n) is 12.3. The Morgan fingerprint density at radius 1 is 1.52 bits per heavy atom. The first kappa shape index (κ1) is 18.6. The Morgan fingerprint density at radius 3 is 2.62 bits per heavy atom. The zero-order chi connectivity index (χ0) is 16.5. The van der Waals surface area contributed by atoms with Crippen LogP contribution >= 0.6 is 0 Å². The van der Waals surface area contributed by atoms with Crippen molar-refractivity contribution in [2.75, 3.05) is 6.54 Å². The number of hydrogen-bond donors (Lipinski definition) is 3. The number of alkyl carbamates (subject to hydrolysis) is 1. The number of nitrogens with zero attached hydrogens (tertiary/aromatic N) is 2. The van der Waals surface area contributed by atoms with Crippen molar-refractivity contribution in [3.05, 3.63) is 10.1 Å². The molecular formula is C11H21N5O5. The molecule has 1 atom stereocenters. The molecule has 0 aliphatic heterocycles. The van der Waals surface area contributed by atoms with Crippen LogP contribution in [0.25, 0.3) is 0 Å². The molecule has 0 heterocycles. The second-order valence-corrected chi connectivity index (χ2v) is 5.18. The number of guanidine groups is 1. The fraction of sp³-hybridized carbons (Fsp3) is 0.727. The monoisotopic (exact) mass is 303 g/mol. The molecule has 1 amide bonds. The van der Waals surface area contributed by atoms with Crippen molar-refractivity contribution >= 4 is 18.3 Å². The molecule has 0 saturated carbocycles. The van der Waals surface area contributed by atoms with Crippen molar-refractivity contribution in [3.8, 4) is 0 Å². The van der Waals surface area contributed by atoms with Crippen molar-refractivity contribution in [2.45, 2.75) is 45.3 Å². The topological polar surface area (TPSA) is 149 Å². The van der Waals surface area contributed by atoms with E-state index in [9.17, 15) is 19.7 Å². The van der Waals surface area contributed by atoms with Crippen LogP contribution in [-0.4, -0.2) is 41.6 Å². The number of amides is 1. The molecule has 0 saturated heterocycles. The molecule has 0 aliphatic rings. The van der Waals surface area contributed by atoms with Crippen LogP contribution in [0.3, 0.4) is 0 Å². The van der Waals surface area contributed by atoms with Gasteiger partial charge in [-0.25, -0.2) is 14.9 Å². The minimum Gasteiger partial charge on any atom is -0.444 e. The Labute approximate surface area is 122 Å². The molecule has 0 aromatic carbocycles. The average molecular weight is 303 g/mol. The highest BCUT2D eigenvalue weighted by molar-refractivity contribution is 5.77. The molecule has 0 aromatic rings.